The number of alkyl halides is 3. The third kappa shape index (κ3) is 4.12. The lowest BCUT2D eigenvalue weighted by Gasteiger charge is -2.20. The number of aromatic amines is 1. The van der Waals surface area contributed by atoms with Gasteiger partial charge in [0.25, 0.3) is 0 Å². The molecule has 0 amide bonds. The average molecular weight is 486 g/mol. The molecule has 0 radical (unpaired) electrons. The van der Waals surface area contributed by atoms with Gasteiger partial charge >= 0.3 is 6.18 Å². The Labute approximate surface area is 199 Å². The molecule has 1 aromatic heterocycles. The minimum atomic E-state index is -4.52. The number of hydrogen-bond acceptors (Lipinski definition) is 4. The monoisotopic (exact) mass is 485 g/mol. The molecule has 34 heavy (non-hydrogen) atoms. The van der Waals surface area contributed by atoms with Crippen LogP contribution in [0.1, 0.15) is 47.8 Å². The second-order valence-corrected chi connectivity index (χ2v) is 8.95. The van der Waals surface area contributed by atoms with Gasteiger partial charge in [-0.25, -0.2) is 4.98 Å². The van der Waals surface area contributed by atoms with Crippen molar-refractivity contribution in [1.82, 2.24) is 15.3 Å². The van der Waals surface area contributed by atoms with Crippen LogP contribution in [0.15, 0.2) is 59.1 Å². The van der Waals surface area contributed by atoms with Gasteiger partial charge in [0.05, 0.1) is 34.9 Å². The molecule has 3 aromatic rings. The molecule has 5 nitrogen and oxygen atoms in total. The number of aromatic nitrogens is 2. The molecule has 0 bridgehead atoms. The zero-order chi connectivity index (χ0) is 24.0. The van der Waals surface area contributed by atoms with Crippen molar-refractivity contribution in [2.45, 2.75) is 38.0 Å². The van der Waals surface area contributed by atoms with E-state index >= 15 is 0 Å². The van der Waals surface area contributed by atoms with E-state index < -0.39 is 17.8 Å². The van der Waals surface area contributed by atoms with Gasteiger partial charge < -0.3 is 16.0 Å². The van der Waals surface area contributed by atoms with Crippen molar-refractivity contribution in [2.24, 2.45) is 10.7 Å². The smallest absolute Gasteiger partial charge is 0.378 e. The fourth-order valence-corrected chi connectivity index (χ4v) is 4.95. The van der Waals surface area contributed by atoms with Gasteiger partial charge in [-0.3, -0.25) is 4.99 Å². The van der Waals surface area contributed by atoms with Crippen LogP contribution in [0.3, 0.4) is 0 Å². The lowest BCUT2D eigenvalue weighted by atomic mass is 9.92. The van der Waals surface area contributed by atoms with Crippen LogP contribution in [0.25, 0.3) is 16.7 Å². The molecule has 1 aliphatic carbocycles. The number of rotatable bonds is 6. The van der Waals surface area contributed by atoms with Crippen LogP contribution in [0, 0.1) is 0 Å². The van der Waals surface area contributed by atoms with E-state index in [1.807, 2.05) is 0 Å². The molecule has 2 aliphatic rings. The van der Waals surface area contributed by atoms with Crippen molar-refractivity contribution in [3.8, 4) is 0 Å². The van der Waals surface area contributed by atoms with Gasteiger partial charge in [-0.2, -0.15) is 13.2 Å². The highest BCUT2D eigenvalue weighted by Crippen LogP contribution is 2.47. The molecule has 1 unspecified atom stereocenters. The van der Waals surface area contributed by atoms with Crippen LogP contribution in [0.4, 0.5) is 13.2 Å². The summed E-state index contributed by atoms with van der Waals surface area (Å²) >= 11 is 6.01. The Hall–Kier alpha value is -3.10. The molecule has 1 aliphatic heterocycles. The van der Waals surface area contributed by atoms with Gasteiger partial charge in [0.1, 0.15) is 5.82 Å². The molecular weight excluding hydrogens is 463 g/mol. The number of hydrogen-bond donors (Lipinski definition) is 3. The number of H-pyrrole nitrogens is 1. The Bertz CT molecular complexity index is 1350. The second kappa shape index (κ2) is 8.60. The maximum absolute atomic E-state index is 14.1. The van der Waals surface area contributed by atoms with Crippen LogP contribution in [-0.4, -0.2) is 22.2 Å². The van der Waals surface area contributed by atoms with Crippen molar-refractivity contribution in [2.75, 3.05) is 6.54 Å². The molecule has 2 heterocycles. The molecule has 176 valence electrons. The van der Waals surface area contributed by atoms with Crippen molar-refractivity contribution in [1.29, 1.82) is 0 Å². The lowest BCUT2D eigenvalue weighted by molar-refractivity contribution is -0.138. The van der Waals surface area contributed by atoms with Gasteiger partial charge in [0, 0.05) is 17.3 Å². The predicted octanol–water partition coefficient (Wildman–Crippen LogP) is 5.93. The van der Waals surface area contributed by atoms with Crippen LogP contribution < -0.4 is 11.1 Å². The first-order valence-corrected chi connectivity index (χ1v) is 11.4. The normalized spacial score (nSPS) is 17.9. The Balaban J connectivity index is 1.40. The Kier molecular flexibility index (Phi) is 5.73. The summed E-state index contributed by atoms with van der Waals surface area (Å²) in [6.45, 7) is 4.46. The highest BCUT2D eigenvalue weighted by Gasteiger charge is 2.39. The molecule has 2 aromatic carbocycles. The predicted molar refractivity (Wildman–Crippen MR) is 129 cm³/mol. The molecule has 0 spiro atoms. The first-order chi connectivity index (χ1) is 16.2. The summed E-state index contributed by atoms with van der Waals surface area (Å²) in [7, 11) is 0. The first-order valence-electron chi connectivity index (χ1n) is 11.0. The fourth-order valence-electron chi connectivity index (χ4n) is 4.78. The van der Waals surface area contributed by atoms with E-state index in [1.54, 1.807) is 24.3 Å². The van der Waals surface area contributed by atoms with E-state index in [0.717, 1.165) is 53.2 Å². The number of fused-ring (bicyclic) bond motifs is 1. The van der Waals surface area contributed by atoms with Crippen LogP contribution in [0.5, 0.6) is 0 Å². The van der Waals surface area contributed by atoms with E-state index in [-0.39, 0.29) is 18.7 Å². The maximum Gasteiger partial charge on any atom is 0.416 e. The summed E-state index contributed by atoms with van der Waals surface area (Å²) < 4.78 is 42.3. The molecule has 9 heteroatoms. The number of aliphatic imine (C=N–C) groups is 1. The maximum atomic E-state index is 14.1. The van der Waals surface area contributed by atoms with Crippen molar-refractivity contribution in [3.63, 3.8) is 0 Å². The molecule has 0 saturated carbocycles. The molecule has 1 atom stereocenters. The van der Waals surface area contributed by atoms with Gasteiger partial charge in [0.15, 0.2) is 0 Å². The number of nitrogens with zero attached hydrogens (tertiary/aromatic N) is 2. The number of nitrogens with two attached hydrogens (primary N) is 1. The lowest BCUT2D eigenvalue weighted by Crippen LogP contribution is -2.16. The van der Waals surface area contributed by atoms with Gasteiger partial charge in [-0.15, -0.1) is 0 Å². The zero-order valence-electron chi connectivity index (χ0n) is 18.3. The van der Waals surface area contributed by atoms with E-state index in [1.165, 1.54) is 6.07 Å². The van der Waals surface area contributed by atoms with Crippen molar-refractivity contribution < 1.29 is 13.2 Å². The minimum absolute atomic E-state index is 0.163. The molecule has 4 N–H and O–H groups in total. The number of halogens is 4. The third-order valence-corrected chi connectivity index (χ3v) is 6.62. The van der Waals surface area contributed by atoms with Gasteiger partial charge in [-0.05, 0) is 65.8 Å². The van der Waals surface area contributed by atoms with Crippen LogP contribution in [0.2, 0.25) is 5.02 Å². The topological polar surface area (TPSA) is 79.1 Å². The van der Waals surface area contributed by atoms with Gasteiger partial charge in [0.2, 0.25) is 0 Å². The number of nitrogens with one attached hydrogen (secondary N) is 2. The SMILES string of the molecule is C=C(NCc1nc2ccc(Cl)cc2[nH]1)c1ccc(C2N=C(CN)C3=C2CCC3)c(C(F)(F)F)c1. The van der Waals surface area contributed by atoms with Crippen molar-refractivity contribution >= 4 is 34.0 Å². The Morgan fingerprint density at radius 3 is 2.79 bits per heavy atom. The molecule has 0 saturated heterocycles. The van der Waals surface area contributed by atoms with Crippen LogP contribution in [-0.2, 0) is 12.7 Å². The summed E-state index contributed by atoms with van der Waals surface area (Å²) in [5.74, 6) is 0.626. The molecule has 5 rings (SSSR count). The fraction of sp³-hybridized carbons (Fsp3) is 0.280. The van der Waals surface area contributed by atoms with Crippen LogP contribution >= 0.6 is 11.6 Å². The molecular formula is C25H23ClF3N5. The number of imidazole rings is 1. The third-order valence-electron chi connectivity index (χ3n) is 6.38. The summed E-state index contributed by atoms with van der Waals surface area (Å²) in [4.78, 5) is 12.2. The highest BCUT2D eigenvalue weighted by molar-refractivity contribution is 6.31. The standard InChI is InChI=1S/C25H23ClF3N5/c1-13(31-12-23-32-20-8-6-15(26)10-21(20)33-23)14-5-7-18(19(9-14)25(27,28)29)24-17-4-2-3-16(17)22(11-30)34-24/h5-10,24,31H,1-4,11-12,30H2,(H,32,33). The van der Waals surface area contributed by atoms with E-state index in [0.29, 0.717) is 22.1 Å². The summed E-state index contributed by atoms with van der Waals surface area (Å²) in [5.41, 5.74) is 10.3. The zero-order valence-corrected chi connectivity index (χ0v) is 19.0. The molecule has 0 fully saturated rings. The summed E-state index contributed by atoms with van der Waals surface area (Å²) in [6.07, 6.45) is -2.02. The minimum Gasteiger partial charge on any atom is -0.378 e. The number of benzene rings is 2. The van der Waals surface area contributed by atoms with E-state index in [4.69, 9.17) is 17.3 Å². The van der Waals surface area contributed by atoms with Crippen molar-refractivity contribution in [3.05, 3.63) is 81.7 Å². The quantitative estimate of drug-likeness (QED) is 0.405. The highest BCUT2D eigenvalue weighted by atomic mass is 35.5. The van der Waals surface area contributed by atoms with E-state index in [2.05, 4.69) is 26.9 Å². The summed E-state index contributed by atoms with van der Waals surface area (Å²) in [5, 5.41) is 3.66. The first kappa shape index (κ1) is 22.7. The van der Waals surface area contributed by atoms with Gasteiger partial charge in [-0.1, -0.05) is 30.3 Å². The van der Waals surface area contributed by atoms with E-state index in [9.17, 15) is 13.2 Å². The second-order valence-electron chi connectivity index (χ2n) is 8.52. The average Bonchev–Trinajstić information content (AvgIpc) is 3.51. The summed E-state index contributed by atoms with van der Waals surface area (Å²) in [6, 6.07) is 9.01. The Morgan fingerprint density at radius 2 is 2.03 bits per heavy atom. The largest absolute Gasteiger partial charge is 0.416 e. The Morgan fingerprint density at radius 1 is 1.21 bits per heavy atom.